The lowest BCUT2D eigenvalue weighted by Gasteiger charge is -2.08. The minimum absolute atomic E-state index is 0.145. The number of halogens is 1. The normalized spacial score (nSPS) is 14.3. The van der Waals surface area contributed by atoms with Crippen molar-refractivity contribution >= 4 is 38.2 Å². The molecule has 21 heavy (non-hydrogen) atoms. The summed E-state index contributed by atoms with van der Waals surface area (Å²) in [4.78, 5) is 14.0. The molecule has 0 radical (unpaired) electrons. The number of nitrogen functional groups attached to an aromatic ring is 1. The Labute approximate surface area is 131 Å². The SMILES string of the molecule is C1CCNCC1.Nc1c([N+](=O)[O-])cnc2ccc(Br)cc12. The van der Waals surface area contributed by atoms with Crippen molar-refractivity contribution in [1.82, 2.24) is 10.3 Å². The maximum Gasteiger partial charge on any atom is 0.310 e. The largest absolute Gasteiger partial charge is 0.393 e. The number of hydrogen-bond donors (Lipinski definition) is 2. The number of nitrogens with one attached hydrogen (secondary N) is 1. The maximum absolute atomic E-state index is 10.6. The minimum atomic E-state index is -0.539. The zero-order chi connectivity index (χ0) is 15.2. The summed E-state index contributed by atoms with van der Waals surface area (Å²) in [6.07, 6.45) is 5.39. The first-order valence-corrected chi connectivity index (χ1v) is 7.58. The van der Waals surface area contributed by atoms with Crippen molar-refractivity contribution in [1.29, 1.82) is 0 Å². The van der Waals surface area contributed by atoms with Crippen LogP contribution in [0.1, 0.15) is 19.3 Å². The number of nitrogens with zero attached hydrogens (tertiary/aromatic N) is 2. The van der Waals surface area contributed by atoms with Crippen LogP contribution in [-0.2, 0) is 0 Å². The van der Waals surface area contributed by atoms with Gasteiger partial charge in [-0.15, -0.1) is 0 Å². The number of piperidine rings is 1. The van der Waals surface area contributed by atoms with E-state index in [4.69, 9.17) is 5.73 Å². The molecule has 1 fully saturated rings. The van der Waals surface area contributed by atoms with E-state index in [1.54, 1.807) is 18.2 Å². The second-order valence-corrected chi connectivity index (χ2v) is 5.70. The van der Waals surface area contributed by atoms with Crippen LogP contribution in [0.5, 0.6) is 0 Å². The van der Waals surface area contributed by atoms with Gasteiger partial charge in [0.1, 0.15) is 11.9 Å². The molecule has 0 aliphatic carbocycles. The van der Waals surface area contributed by atoms with E-state index in [9.17, 15) is 10.1 Å². The molecular weight excluding hydrogens is 336 g/mol. The van der Waals surface area contributed by atoms with Crippen LogP contribution in [0.15, 0.2) is 28.9 Å². The summed E-state index contributed by atoms with van der Waals surface area (Å²) >= 11 is 3.27. The molecule has 1 aliphatic heterocycles. The van der Waals surface area contributed by atoms with E-state index in [-0.39, 0.29) is 11.4 Å². The van der Waals surface area contributed by atoms with Crippen molar-refractivity contribution in [3.63, 3.8) is 0 Å². The molecule has 6 nitrogen and oxygen atoms in total. The van der Waals surface area contributed by atoms with Gasteiger partial charge in [-0.2, -0.15) is 0 Å². The Kier molecular flexibility index (Phi) is 5.46. The van der Waals surface area contributed by atoms with E-state index in [2.05, 4.69) is 26.2 Å². The Bertz CT molecular complexity index is 633. The van der Waals surface area contributed by atoms with Crippen LogP contribution in [0.3, 0.4) is 0 Å². The molecule has 0 atom stereocenters. The molecule has 3 N–H and O–H groups in total. The molecule has 2 heterocycles. The fraction of sp³-hybridized carbons (Fsp3) is 0.357. The maximum atomic E-state index is 10.6. The summed E-state index contributed by atoms with van der Waals surface area (Å²) in [6, 6.07) is 5.27. The summed E-state index contributed by atoms with van der Waals surface area (Å²) in [5.41, 5.74) is 6.31. The van der Waals surface area contributed by atoms with Crippen LogP contribution >= 0.6 is 15.9 Å². The van der Waals surface area contributed by atoms with E-state index in [1.165, 1.54) is 38.5 Å². The quantitative estimate of drug-likeness (QED) is 0.606. The molecule has 1 saturated heterocycles. The van der Waals surface area contributed by atoms with Crippen LogP contribution in [0, 0.1) is 10.1 Å². The van der Waals surface area contributed by atoms with Crippen molar-refractivity contribution in [2.24, 2.45) is 0 Å². The second kappa shape index (κ2) is 7.33. The predicted octanol–water partition coefficient (Wildman–Crippen LogP) is 3.25. The van der Waals surface area contributed by atoms with Gasteiger partial charge in [0, 0.05) is 9.86 Å². The van der Waals surface area contributed by atoms with Crippen molar-refractivity contribution in [3.05, 3.63) is 39.0 Å². The van der Waals surface area contributed by atoms with Gasteiger partial charge in [0.25, 0.3) is 0 Å². The highest BCUT2D eigenvalue weighted by Gasteiger charge is 2.14. The first kappa shape index (κ1) is 15.7. The van der Waals surface area contributed by atoms with E-state index >= 15 is 0 Å². The summed E-state index contributed by atoms with van der Waals surface area (Å²) in [6.45, 7) is 2.50. The Balaban J connectivity index is 0.000000225. The van der Waals surface area contributed by atoms with Gasteiger partial charge in [0.2, 0.25) is 0 Å². The van der Waals surface area contributed by atoms with Gasteiger partial charge >= 0.3 is 5.69 Å². The smallest absolute Gasteiger partial charge is 0.310 e. The summed E-state index contributed by atoms with van der Waals surface area (Å²) in [5, 5.41) is 14.5. The number of benzene rings is 1. The number of anilines is 1. The predicted molar refractivity (Wildman–Crippen MR) is 87.2 cm³/mol. The highest BCUT2D eigenvalue weighted by atomic mass is 79.9. The third kappa shape index (κ3) is 4.12. The van der Waals surface area contributed by atoms with Crippen LogP contribution < -0.4 is 11.1 Å². The molecule has 0 saturated carbocycles. The average molecular weight is 353 g/mol. The van der Waals surface area contributed by atoms with E-state index in [0.717, 1.165) is 4.47 Å². The molecule has 3 rings (SSSR count). The van der Waals surface area contributed by atoms with Gasteiger partial charge in [0.05, 0.1) is 10.4 Å². The fourth-order valence-electron chi connectivity index (χ4n) is 2.12. The lowest BCUT2D eigenvalue weighted by Crippen LogP contribution is -2.21. The molecule has 0 bridgehead atoms. The first-order valence-electron chi connectivity index (χ1n) is 6.78. The van der Waals surface area contributed by atoms with Gasteiger partial charge in [-0.05, 0) is 44.1 Å². The lowest BCUT2D eigenvalue weighted by molar-refractivity contribution is -0.384. The third-order valence-corrected chi connectivity index (χ3v) is 3.75. The summed E-state index contributed by atoms with van der Waals surface area (Å²) in [5.74, 6) is 0. The van der Waals surface area contributed by atoms with Gasteiger partial charge < -0.3 is 11.1 Å². The Hall–Kier alpha value is -1.73. The Morgan fingerprint density at radius 2 is 2.00 bits per heavy atom. The zero-order valence-electron chi connectivity index (χ0n) is 11.5. The number of nitrogens with two attached hydrogens (primary N) is 1. The van der Waals surface area contributed by atoms with Crippen molar-refractivity contribution in [2.45, 2.75) is 19.3 Å². The molecule has 1 aliphatic rings. The van der Waals surface area contributed by atoms with Gasteiger partial charge in [-0.25, -0.2) is 4.98 Å². The Morgan fingerprint density at radius 1 is 1.29 bits per heavy atom. The number of rotatable bonds is 1. The molecule has 0 unspecified atom stereocenters. The molecule has 1 aromatic heterocycles. The minimum Gasteiger partial charge on any atom is -0.393 e. The van der Waals surface area contributed by atoms with Crippen LogP contribution in [0.2, 0.25) is 0 Å². The molecule has 0 amide bonds. The molecule has 2 aromatic rings. The zero-order valence-corrected chi connectivity index (χ0v) is 13.1. The monoisotopic (exact) mass is 352 g/mol. The number of nitro groups is 1. The van der Waals surface area contributed by atoms with Crippen LogP contribution in [-0.4, -0.2) is 23.0 Å². The van der Waals surface area contributed by atoms with Crippen LogP contribution in [0.25, 0.3) is 10.9 Å². The number of hydrogen-bond acceptors (Lipinski definition) is 5. The van der Waals surface area contributed by atoms with Gasteiger partial charge in [0.15, 0.2) is 0 Å². The third-order valence-electron chi connectivity index (χ3n) is 3.25. The standard InChI is InChI=1S/C9H6BrN3O2.C5H11N/c10-5-1-2-7-6(3-5)9(11)8(4-12-7)13(14)15;1-2-4-6-5-3-1/h1-4H,(H2,11,12);6H,1-5H2. The molecular formula is C14H17BrN4O2. The van der Waals surface area contributed by atoms with E-state index < -0.39 is 4.92 Å². The average Bonchev–Trinajstić information content (AvgIpc) is 2.50. The lowest BCUT2D eigenvalue weighted by atomic mass is 10.2. The van der Waals surface area contributed by atoms with Gasteiger partial charge in [-0.3, -0.25) is 10.1 Å². The van der Waals surface area contributed by atoms with Crippen LogP contribution in [0.4, 0.5) is 11.4 Å². The topological polar surface area (TPSA) is 94.1 Å². The molecule has 0 spiro atoms. The Morgan fingerprint density at radius 3 is 2.52 bits per heavy atom. The fourth-order valence-corrected chi connectivity index (χ4v) is 2.48. The van der Waals surface area contributed by atoms with Gasteiger partial charge in [-0.1, -0.05) is 22.4 Å². The van der Waals surface area contributed by atoms with Crippen molar-refractivity contribution in [3.8, 4) is 0 Å². The number of pyridine rings is 1. The highest BCUT2D eigenvalue weighted by Crippen LogP contribution is 2.30. The molecule has 1 aromatic carbocycles. The molecule has 112 valence electrons. The molecule has 7 heteroatoms. The van der Waals surface area contributed by atoms with Crippen molar-refractivity contribution < 1.29 is 4.92 Å². The van der Waals surface area contributed by atoms with E-state index in [0.29, 0.717) is 10.9 Å². The number of fused-ring (bicyclic) bond motifs is 1. The van der Waals surface area contributed by atoms with Crippen molar-refractivity contribution in [2.75, 3.05) is 18.8 Å². The first-order chi connectivity index (χ1) is 10.1. The number of aromatic nitrogens is 1. The van der Waals surface area contributed by atoms with E-state index in [1.807, 2.05) is 0 Å². The summed E-state index contributed by atoms with van der Waals surface area (Å²) < 4.78 is 0.809. The summed E-state index contributed by atoms with van der Waals surface area (Å²) in [7, 11) is 0. The second-order valence-electron chi connectivity index (χ2n) is 4.79. The highest BCUT2D eigenvalue weighted by molar-refractivity contribution is 9.10.